The van der Waals surface area contributed by atoms with E-state index in [0.717, 1.165) is 10.9 Å². The summed E-state index contributed by atoms with van der Waals surface area (Å²) < 4.78 is 0. The smallest absolute Gasteiger partial charge is 0.216 e. The monoisotopic (exact) mass is 308 g/mol. The molecule has 0 spiro atoms. The Bertz CT molecular complexity index is 648. The number of hydrogen-bond donors (Lipinski definition) is 3. The number of nitrogens with zero attached hydrogens (tertiary/aromatic N) is 1. The Morgan fingerprint density at radius 1 is 1.38 bits per heavy atom. The first-order valence-electron chi connectivity index (χ1n) is 6.65. The lowest BCUT2D eigenvalue weighted by atomic mass is 10.0. The fourth-order valence-corrected chi connectivity index (χ4v) is 2.33. The Balaban J connectivity index is 2.16. The second kappa shape index (κ2) is 6.85. The molecule has 112 valence electrons. The zero-order valence-corrected chi connectivity index (χ0v) is 12.3. The van der Waals surface area contributed by atoms with Crippen molar-refractivity contribution in [2.75, 3.05) is 6.54 Å². The van der Waals surface area contributed by atoms with Gasteiger partial charge in [0.1, 0.15) is 11.3 Å². The van der Waals surface area contributed by atoms with Crippen LogP contribution in [0.15, 0.2) is 30.3 Å². The average molecular weight is 309 g/mol. The first-order valence-corrected chi connectivity index (χ1v) is 7.02. The van der Waals surface area contributed by atoms with Gasteiger partial charge in [0.05, 0.1) is 11.6 Å². The molecule has 0 aliphatic carbocycles. The van der Waals surface area contributed by atoms with Gasteiger partial charge < -0.3 is 15.5 Å². The highest BCUT2D eigenvalue weighted by Gasteiger charge is 2.22. The van der Waals surface area contributed by atoms with Crippen LogP contribution in [0.4, 0.5) is 0 Å². The molecule has 2 unspecified atom stereocenters. The van der Waals surface area contributed by atoms with Crippen LogP contribution in [-0.4, -0.2) is 33.8 Å². The van der Waals surface area contributed by atoms with Crippen molar-refractivity contribution in [1.29, 1.82) is 0 Å². The van der Waals surface area contributed by atoms with Crippen LogP contribution >= 0.6 is 11.6 Å². The zero-order valence-electron chi connectivity index (χ0n) is 11.6. The molecule has 2 aromatic rings. The fraction of sp³-hybridized carbons (Fsp3) is 0.333. The summed E-state index contributed by atoms with van der Waals surface area (Å²) in [7, 11) is 0. The molecule has 0 fully saturated rings. The molecule has 0 saturated carbocycles. The first-order chi connectivity index (χ1) is 9.99. The molecule has 1 amide bonds. The summed E-state index contributed by atoms with van der Waals surface area (Å²) in [5, 5.41) is 23.8. The number of carbonyl (C=O) groups excluding carboxylic acids is 1. The van der Waals surface area contributed by atoms with Crippen LogP contribution in [0.2, 0.25) is 5.15 Å². The van der Waals surface area contributed by atoms with Crippen LogP contribution in [0.25, 0.3) is 10.9 Å². The van der Waals surface area contributed by atoms with E-state index in [-0.39, 0.29) is 24.0 Å². The van der Waals surface area contributed by atoms with E-state index in [2.05, 4.69) is 10.3 Å². The van der Waals surface area contributed by atoms with Gasteiger partial charge in [0, 0.05) is 24.4 Å². The van der Waals surface area contributed by atoms with Gasteiger partial charge in [-0.2, -0.15) is 0 Å². The number of rotatable bonds is 5. The predicted molar refractivity (Wildman–Crippen MR) is 81.0 cm³/mol. The van der Waals surface area contributed by atoms with Gasteiger partial charge in [-0.3, -0.25) is 4.79 Å². The van der Waals surface area contributed by atoms with E-state index in [1.165, 1.54) is 6.92 Å². The number of para-hydroxylation sites is 1. The molecule has 2 atom stereocenters. The van der Waals surface area contributed by atoms with Crippen molar-refractivity contribution in [3.63, 3.8) is 0 Å². The molecule has 21 heavy (non-hydrogen) atoms. The number of amides is 1. The molecule has 5 nitrogen and oxygen atoms in total. The minimum atomic E-state index is -1.15. The van der Waals surface area contributed by atoms with Crippen LogP contribution in [0.5, 0.6) is 0 Å². The summed E-state index contributed by atoms with van der Waals surface area (Å²) in [5.41, 5.74) is 1.11. The lowest BCUT2D eigenvalue weighted by Gasteiger charge is -2.19. The van der Waals surface area contributed by atoms with Gasteiger partial charge in [-0.25, -0.2) is 4.98 Å². The number of aliphatic hydroxyl groups excluding tert-OH is 2. The molecule has 0 bridgehead atoms. The standard InChI is InChI=1S/C15H17ClN2O3/c1-9(19)17-7-6-13(20)14(21)11-8-10-4-2-3-5-12(10)18-15(11)16/h2-5,8,13-14,20-21H,6-7H2,1H3,(H,17,19). The van der Waals surface area contributed by atoms with E-state index in [9.17, 15) is 15.0 Å². The molecular formula is C15H17ClN2O3. The number of aromatic nitrogens is 1. The summed E-state index contributed by atoms with van der Waals surface area (Å²) in [6.07, 6.45) is -1.95. The Morgan fingerprint density at radius 3 is 2.81 bits per heavy atom. The number of carbonyl (C=O) groups is 1. The largest absolute Gasteiger partial charge is 0.390 e. The first kappa shape index (κ1) is 15.7. The number of pyridine rings is 1. The van der Waals surface area contributed by atoms with E-state index >= 15 is 0 Å². The van der Waals surface area contributed by atoms with Crippen LogP contribution in [0.3, 0.4) is 0 Å². The molecule has 6 heteroatoms. The highest BCUT2D eigenvalue weighted by atomic mass is 35.5. The second-order valence-electron chi connectivity index (χ2n) is 4.84. The Hall–Kier alpha value is -1.69. The van der Waals surface area contributed by atoms with Crippen molar-refractivity contribution in [1.82, 2.24) is 10.3 Å². The molecule has 0 radical (unpaired) electrons. The minimum Gasteiger partial charge on any atom is -0.390 e. The summed E-state index contributed by atoms with van der Waals surface area (Å²) in [4.78, 5) is 15.0. The number of aliphatic hydroxyl groups is 2. The van der Waals surface area contributed by atoms with Gasteiger partial charge in [0.2, 0.25) is 5.91 Å². The SMILES string of the molecule is CC(=O)NCCC(O)C(O)c1cc2ccccc2nc1Cl. The molecule has 0 aliphatic rings. The van der Waals surface area contributed by atoms with Crippen molar-refractivity contribution in [2.24, 2.45) is 0 Å². The highest BCUT2D eigenvalue weighted by molar-refractivity contribution is 6.30. The minimum absolute atomic E-state index is 0.166. The Labute approximate surface area is 127 Å². The normalized spacial score (nSPS) is 13.9. The third-order valence-electron chi connectivity index (χ3n) is 3.20. The van der Waals surface area contributed by atoms with E-state index in [0.29, 0.717) is 5.56 Å². The lowest BCUT2D eigenvalue weighted by molar-refractivity contribution is -0.119. The summed E-state index contributed by atoms with van der Waals surface area (Å²) in [6, 6.07) is 9.12. The Kier molecular flexibility index (Phi) is 5.12. The third-order valence-corrected chi connectivity index (χ3v) is 3.50. The van der Waals surface area contributed by atoms with Crippen molar-refractivity contribution in [2.45, 2.75) is 25.6 Å². The molecule has 0 saturated heterocycles. The highest BCUT2D eigenvalue weighted by Crippen LogP contribution is 2.28. The van der Waals surface area contributed by atoms with Crippen LogP contribution in [0, 0.1) is 0 Å². The number of halogens is 1. The zero-order chi connectivity index (χ0) is 15.4. The van der Waals surface area contributed by atoms with Crippen LogP contribution < -0.4 is 5.32 Å². The number of benzene rings is 1. The molecule has 1 heterocycles. The van der Waals surface area contributed by atoms with Gasteiger partial charge in [0.15, 0.2) is 0 Å². The van der Waals surface area contributed by atoms with E-state index in [4.69, 9.17) is 11.6 Å². The van der Waals surface area contributed by atoms with Gasteiger partial charge in [-0.1, -0.05) is 29.8 Å². The topological polar surface area (TPSA) is 82.5 Å². The second-order valence-corrected chi connectivity index (χ2v) is 5.20. The summed E-state index contributed by atoms with van der Waals surface area (Å²) in [5.74, 6) is -0.179. The Morgan fingerprint density at radius 2 is 2.10 bits per heavy atom. The fourth-order valence-electron chi connectivity index (χ4n) is 2.08. The molecular weight excluding hydrogens is 292 g/mol. The van der Waals surface area contributed by atoms with Crippen molar-refractivity contribution < 1.29 is 15.0 Å². The van der Waals surface area contributed by atoms with Crippen molar-refractivity contribution >= 4 is 28.4 Å². The molecule has 3 N–H and O–H groups in total. The maximum absolute atomic E-state index is 10.8. The number of fused-ring (bicyclic) bond motifs is 1. The predicted octanol–water partition coefficient (Wildman–Crippen LogP) is 1.81. The number of nitrogens with one attached hydrogen (secondary N) is 1. The van der Waals surface area contributed by atoms with Crippen molar-refractivity contribution in [3.05, 3.63) is 41.0 Å². The van der Waals surface area contributed by atoms with Gasteiger partial charge >= 0.3 is 0 Å². The van der Waals surface area contributed by atoms with Gasteiger partial charge in [-0.15, -0.1) is 0 Å². The summed E-state index contributed by atoms with van der Waals surface area (Å²) >= 11 is 6.07. The quantitative estimate of drug-likeness (QED) is 0.736. The van der Waals surface area contributed by atoms with E-state index in [1.54, 1.807) is 6.07 Å². The number of hydrogen-bond acceptors (Lipinski definition) is 4. The molecule has 0 aliphatic heterocycles. The lowest BCUT2D eigenvalue weighted by Crippen LogP contribution is -2.27. The maximum atomic E-state index is 10.8. The van der Waals surface area contributed by atoms with Crippen LogP contribution in [-0.2, 0) is 4.79 Å². The third kappa shape index (κ3) is 3.91. The molecule has 2 rings (SSSR count). The van der Waals surface area contributed by atoms with E-state index in [1.807, 2.05) is 24.3 Å². The van der Waals surface area contributed by atoms with Crippen LogP contribution in [0.1, 0.15) is 25.0 Å². The summed E-state index contributed by atoms with van der Waals surface area (Å²) in [6.45, 7) is 1.68. The van der Waals surface area contributed by atoms with Crippen molar-refractivity contribution in [3.8, 4) is 0 Å². The molecule has 1 aromatic carbocycles. The van der Waals surface area contributed by atoms with Gasteiger partial charge in [-0.05, 0) is 18.6 Å². The van der Waals surface area contributed by atoms with E-state index < -0.39 is 12.2 Å². The maximum Gasteiger partial charge on any atom is 0.216 e. The molecule has 1 aromatic heterocycles. The van der Waals surface area contributed by atoms with Gasteiger partial charge in [0.25, 0.3) is 0 Å². The average Bonchev–Trinajstić information content (AvgIpc) is 2.45.